The average molecular weight is 201 g/mol. The summed E-state index contributed by atoms with van der Waals surface area (Å²) in [7, 11) is 0. The Hall–Kier alpha value is -2.23. The second-order valence-corrected chi connectivity index (χ2v) is 3.10. The van der Waals surface area contributed by atoms with E-state index in [4.69, 9.17) is 5.73 Å². The van der Waals surface area contributed by atoms with E-state index in [0.29, 0.717) is 5.70 Å². The number of hydrogen-bond acceptors (Lipinski definition) is 3. The molecule has 0 saturated heterocycles. The van der Waals surface area contributed by atoms with Crippen LogP contribution in [0.3, 0.4) is 0 Å². The summed E-state index contributed by atoms with van der Waals surface area (Å²) in [5.74, 6) is -0.472. The number of nitrogens with zero attached hydrogens (tertiary/aromatic N) is 1. The maximum atomic E-state index is 11.0. The molecule has 0 atom stereocenters. The van der Waals surface area contributed by atoms with Crippen LogP contribution < -0.4 is 16.2 Å². The molecule has 0 radical (unpaired) electrons. The van der Waals surface area contributed by atoms with E-state index in [9.17, 15) is 4.79 Å². The van der Waals surface area contributed by atoms with Crippen LogP contribution in [0.2, 0.25) is 0 Å². The fourth-order valence-corrected chi connectivity index (χ4v) is 1.31. The first-order valence-electron chi connectivity index (χ1n) is 4.56. The summed E-state index contributed by atoms with van der Waals surface area (Å²) in [6.07, 6.45) is 5.23. The molecule has 4 heteroatoms. The summed E-state index contributed by atoms with van der Waals surface area (Å²) in [6.45, 7) is 0. The van der Waals surface area contributed by atoms with E-state index in [2.05, 4.69) is 5.43 Å². The number of hydrazine groups is 1. The van der Waals surface area contributed by atoms with Gasteiger partial charge in [0.2, 0.25) is 0 Å². The molecule has 0 aliphatic carbocycles. The van der Waals surface area contributed by atoms with Gasteiger partial charge in [0.05, 0.1) is 5.69 Å². The van der Waals surface area contributed by atoms with Gasteiger partial charge in [-0.1, -0.05) is 18.2 Å². The topological polar surface area (TPSA) is 58.4 Å². The zero-order valence-corrected chi connectivity index (χ0v) is 8.05. The number of primary amides is 1. The SMILES string of the molecule is NC(=O)C1=CC=CN(c2ccccc2)N1. The summed E-state index contributed by atoms with van der Waals surface area (Å²) in [5, 5.41) is 1.74. The molecule has 76 valence electrons. The minimum atomic E-state index is -0.472. The highest BCUT2D eigenvalue weighted by molar-refractivity contribution is 5.92. The number of amides is 1. The van der Waals surface area contributed by atoms with Crippen molar-refractivity contribution in [2.75, 3.05) is 5.01 Å². The van der Waals surface area contributed by atoms with Crippen molar-refractivity contribution in [3.63, 3.8) is 0 Å². The molecule has 0 saturated carbocycles. The van der Waals surface area contributed by atoms with Crippen LogP contribution in [0.15, 0.2) is 54.4 Å². The standard InChI is InChI=1S/C11H11N3O/c12-11(15)10-7-4-8-14(13-10)9-5-2-1-3-6-9/h1-8,13H,(H2,12,15). The lowest BCUT2D eigenvalue weighted by atomic mass is 10.3. The zero-order valence-electron chi connectivity index (χ0n) is 8.05. The highest BCUT2D eigenvalue weighted by Gasteiger charge is 2.11. The number of rotatable bonds is 2. The predicted molar refractivity (Wildman–Crippen MR) is 58.5 cm³/mol. The molecule has 1 aliphatic heterocycles. The summed E-state index contributed by atoms with van der Waals surface area (Å²) < 4.78 is 0. The van der Waals surface area contributed by atoms with Crippen LogP contribution in [-0.4, -0.2) is 5.91 Å². The molecule has 1 heterocycles. The first-order valence-corrected chi connectivity index (χ1v) is 4.56. The van der Waals surface area contributed by atoms with E-state index in [1.807, 2.05) is 36.5 Å². The molecule has 4 nitrogen and oxygen atoms in total. The van der Waals surface area contributed by atoms with Crippen LogP contribution in [0.5, 0.6) is 0 Å². The fourth-order valence-electron chi connectivity index (χ4n) is 1.31. The van der Waals surface area contributed by atoms with E-state index in [1.54, 1.807) is 17.2 Å². The Labute approximate surface area is 87.7 Å². The van der Waals surface area contributed by atoms with Gasteiger partial charge in [-0.15, -0.1) is 0 Å². The fraction of sp³-hybridized carbons (Fsp3) is 0. The predicted octanol–water partition coefficient (Wildman–Crippen LogP) is 0.894. The number of benzene rings is 1. The molecule has 0 unspecified atom stereocenters. The lowest BCUT2D eigenvalue weighted by Gasteiger charge is -2.25. The maximum absolute atomic E-state index is 11.0. The summed E-state index contributed by atoms with van der Waals surface area (Å²) >= 11 is 0. The molecule has 3 N–H and O–H groups in total. The maximum Gasteiger partial charge on any atom is 0.266 e. The third-order valence-corrected chi connectivity index (χ3v) is 2.04. The number of nitrogens with two attached hydrogens (primary N) is 1. The highest BCUT2D eigenvalue weighted by Crippen LogP contribution is 2.14. The Balaban J connectivity index is 2.19. The number of carbonyl (C=O) groups is 1. The van der Waals surface area contributed by atoms with Gasteiger partial charge in [-0.25, -0.2) is 0 Å². The Morgan fingerprint density at radius 2 is 2.00 bits per heavy atom. The van der Waals surface area contributed by atoms with Gasteiger partial charge in [-0.2, -0.15) is 0 Å². The Bertz CT molecular complexity index is 423. The van der Waals surface area contributed by atoms with Crippen molar-refractivity contribution in [2.45, 2.75) is 0 Å². The average Bonchev–Trinajstić information content (AvgIpc) is 2.30. The number of nitrogens with one attached hydrogen (secondary N) is 1. The van der Waals surface area contributed by atoms with Gasteiger partial charge in [-0.3, -0.25) is 15.2 Å². The summed E-state index contributed by atoms with van der Waals surface area (Å²) in [6, 6.07) is 9.64. The van der Waals surface area contributed by atoms with Gasteiger partial charge in [-0.05, 0) is 24.3 Å². The quantitative estimate of drug-likeness (QED) is 0.747. The minimum absolute atomic E-state index is 0.376. The van der Waals surface area contributed by atoms with Gasteiger partial charge in [0, 0.05) is 6.20 Å². The molecule has 2 rings (SSSR count). The van der Waals surface area contributed by atoms with Crippen LogP contribution >= 0.6 is 0 Å². The smallest absolute Gasteiger partial charge is 0.266 e. The molecule has 0 spiro atoms. The Morgan fingerprint density at radius 1 is 1.27 bits per heavy atom. The molecule has 0 aromatic heterocycles. The monoisotopic (exact) mass is 201 g/mol. The van der Waals surface area contributed by atoms with Crippen molar-refractivity contribution < 1.29 is 4.79 Å². The molecule has 1 aliphatic rings. The number of anilines is 1. The molecule has 1 aromatic rings. The molecule has 15 heavy (non-hydrogen) atoms. The molecule has 1 amide bonds. The lowest BCUT2D eigenvalue weighted by molar-refractivity contribution is -0.114. The zero-order chi connectivity index (χ0) is 10.7. The van der Waals surface area contributed by atoms with Crippen molar-refractivity contribution >= 4 is 11.6 Å². The van der Waals surface area contributed by atoms with Gasteiger partial charge < -0.3 is 5.73 Å². The number of para-hydroxylation sites is 1. The molecular formula is C11H11N3O. The van der Waals surface area contributed by atoms with Crippen molar-refractivity contribution in [3.05, 3.63) is 54.4 Å². The third kappa shape index (κ3) is 1.99. The molecule has 0 fully saturated rings. The van der Waals surface area contributed by atoms with Crippen LogP contribution in [0.1, 0.15) is 0 Å². The van der Waals surface area contributed by atoms with Crippen molar-refractivity contribution in [1.29, 1.82) is 0 Å². The second-order valence-electron chi connectivity index (χ2n) is 3.10. The molecule has 0 bridgehead atoms. The van der Waals surface area contributed by atoms with Crippen molar-refractivity contribution in [2.24, 2.45) is 5.73 Å². The highest BCUT2D eigenvalue weighted by atomic mass is 16.1. The van der Waals surface area contributed by atoms with Crippen LogP contribution in [0.4, 0.5) is 5.69 Å². The van der Waals surface area contributed by atoms with Crippen LogP contribution in [0, 0.1) is 0 Å². The van der Waals surface area contributed by atoms with Crippen molar-refractivity contribution in [3.8, 4) is 0 Å². The van der Waals surface area contributed by atoms with E-state index in [1.165, 1.54) is 0 Å². The van der Waals surface area contributed by atoms with Gasteiger partial charge in [0.25, 0.3) is 5.91 Å². The molecule has 1 aromatic carbocycles. The normalized spacial score (nSPS) is 14.4. The first kappa shape index (κ1) is 9.33. The van der Waals surface area contributed by atoms with Gasteiger partial charge in [0.15, 0.2) is 0 Å². The van der Waals surface area contributed by atoms with Gasteiger partial charge in [0.1, 0.15) is 5.70 Å². The molecular weight excluding hydrogens is 190 g/mol. The van der Waals surface area contributed by atoms with E-state index < -0.39 is 5.91 Å². The Kier molecular flexibility index (Phi) is 2.41. The van der Waals surface area contributed by atoms with Gasteiger partial charge >= 0.3 is 0 Å². The van der Waals surface area contributed by atoms with Crippen LogP contribution in [0.25, 0.3) is 0 Å². The third-order valence-electron chi connectivity index (χ3n) is 2.04. The first-order chi connectivity index (χ1) is 7.27. The van der Waals surface area contributed by atoms with E-state index in [0.717, 1.165) is 5.69 Å². The summed E-state index contributed by atoms with van der Waals surface area (Å²) in [4.78, 5) is 11.0. The Morgan fingerprint density at radius 3 is 2.67 bits per heavy atom. The summed E-state index contributed by atoms with van der Waals surface area (Å²) in [5.41, 5.74) is 9.40. The number of hydrogen-bond donors (Lipinski definition) is 2. The second kappa shape index (κ2) is 3.88. The minimum Gasteiger partial charge on any atom is -0.364 e. The lowest BCUT2D eigenvalue weighted by Crippen LogP contribution is -2.39. The van der Waals surface area contributed by atoms with Crippen molar-refractivity contribution in [1.82, 2.24) is 5.43 Å². The number of carbonyl (C=O) groups excluding carboxylic acids is 1. The largest absolute Gasteiger partial charge is 0.364 e. The van der Waals surface area contributed by atoms with Crippen LogP contribution in [-0.2, 0) is 4.79 Å². The van der Waals surface area contributed by atoms with E-state index in [-0.39, 0.29) is 0 Å². The number of allylic oxidation sites excluding steroid dienone is 2. The van der Waals surface area contributed by atoms with E-state index >= 15 is 0 Å².